The first-order valence-corrected chi connectivity index (χ1v) is 11.0. The first-order chi connectivity index (χ1) is 15.2. The molecule has 0 radical (unpaired) electrons. The van der Waals surface area contributed by atoms with Crippen LogP contribution in [0, 0.1) is 6.92 Å². The fourth-order valence-corrected chi connectivity index (χ4v) is 5.90. The normalized spacial score (nSPS) is 12.7. The number of rotatable bonds is 1. The fourth-order valence-electron chi connectivity index (χ4n) is 5.90. The minimum absolute atomic E-state index is 1.01. The van der Waals surface area contributed by atoms with Crippen molar-refractivity contribution >= 4 is 10.8 Å². The third kappa shape index (κ3) is 2.13. The summed E-state index contributed by atoms with van der Waals surface area (Å²) in [5, 5.41) is 2.70. The molecular formula is C30H22N+. The highest BCUT2D eigenvalue weighted by molar-refractivity contribution is 6.13. The molecule has 0 saturated carbocycles. The van der Waals surface area contributed by atoms with E-state index in [4.69, 9.17) is 0 Å². The molecule has 4 aromatic carbocycles. The number of fused-ring (bicyclic) bond motifs is 6. The molecule has 2 aliphatic carbocycles. The maximum Gasteiger partial charge on any atom is 0.221 e. The van der Waals surface area contributed by atoms with Gasteiger partial charge in [-0.15, -0.1) is 0 Å². The van der Waals surface area contributed by atoms with E-state index in [0.717, 1.165) is 6.42 Å². The maximum absolute atomic E-state index is 2.43. The smallest absolute Gasteiger partial charge is 0.194 e. The summed E-state index contributed by atoms with van der Waals surface area (Å²) in [4.78, 5) is 0. The van der Waals surface area contributed by atoms with Crippen LogP contribution in [0.1, 0.15) is 16.7 Å². The van der Waals surface area contributed by atoms with Crippen LogP contribution in [-0.4, -0.2) is 0 Å². The van der Waals surface area contributed by atoms with Crippen LogP contribution in [0.3, 0.4) is 0 Å². The van der Waals surface area contributed by atoms with Gasteiger partial charge < -0.3 is 0 Å². The molecule has 2 aliphatic rings. The van der Waals surface area contributed by atoms with E-state index in [9.17, 15) is 0 Å². The molecule has 5 aromatic rings. The molecule has 7 rings (SSSR count). The molecule has 1 aromatic heterocycles. The minimum atomic E-state index is 1.01. The quantitative estimate of drug-likeness (QED) is 0.267. The van der Waals surface area contributed by atoms with Crippen LogP contribution in [0.25, 0.3) is 55.5 Å². The Bertz CT molecular complexity index is 1570. The third-order valence-electron chi connectivity index (χ3n) is 7.26. The van der Waals surface area contributed by atoms with E-state index in [0.29, 0.717) is 0 Å². The lowest BCUT2D eigenvalue weighted by atomic mass is 9.93. The second-order valence-corrected chi connectivity index (χ2v) is 8.87. The zero-order chi connectivity index (χ0) is 20.7. The predicted octanol–water partition coefficient (Wildman–Crippen LogP) is 6.86. The van der Waals surface area contributed by atoms with Gasteiger partial charge in [0.05, 0.1) is 16.7 Å². The van der Waals surface area contributed by atoms with Gasteiger partial charge in [0.25, 0.3) is 0 Å². The van der Waals surface area contributed by atoms with Gasteiger partial charge in [0.15, 0.2) is 0 Å². The number of hydrogen-bond acceptors (Lipinski definition) is 0. The molecule has 0 aliphatic heterocycles. The summed E-state index contributed by atoms with van der Waals surface area (Å²) in [6, 6.07) is 31.5. The first-order valence-electron chi connectivity index (χ1n) is 11.0. The van der Waals surface area contributed by atoms with E-state index in [2.05, 4.69) is 103 Å². The molecule has 0 atom stereocenters. The highest BCUT2D eigenvalue weighted by atomic mass is 15.0. The van der Waals surface area contributed by atoms with Gasteiger partial charge in [-0.2, -0.15) is 4.57 Å². The molecule has 0 fully saturated rings. The van der Waals surface area contributed by atoms with Gasteiger partial charge in [-0.3, -0.25) is 0 Å². The monoisotopic (exact) mass is 396 g/mol. The molecule has 1 heterocycles. The molecular weight excluding hydrogens is 374 g/mol. The summed E-state index contributed by atoms with van der Waals surface area (Å²) in [5.41, 5.74) is 15.1. The maximum atomic E-state index is 2.43. The molecule has 1 heteroatoms. The molecule has 0 N–H and O–H groups in total. The van der Waals surface area contributed by atoms with Crippen LogP contribution in [0.4, 0.5) is 0 Å². The summed E-state index contributed by atoms with van der Waals surface area (Å²) < 4.78 is 2.43. The lowest BCUT2D eigenvalue weighted by molar-refractivity contribution is -0.648. The Morgan fingerprint density at radius 1 is 0.645 bits per heavy atom. The van der Waals surface area contributed by atoms with Crippen molar-refractivity contribution < 1.29 is 4.57 Å². The second-order valence-electron chi connectivity index (χ2n) is 8.87. The molecule has 0 amide bonds. The zero-order valence-corrected chi connectivity index (χ0v) is 17.7. The van der Waals surface area contributed by atoms with E-state index in [-0.39, 0.29) is 0 Å². The summed E-state index contributed by atoms with van der Waals surface area (Å²) in [5.74, 6) is 0. The Morgan fingerprint density at radius 2 is 1.39 bits per heavy atom. The summed E-state index contributed by atoms with van der Waals surface area (Å²) >= 11 is 0. The molecule has 0 saturated heterocycles. The van der Waals surface area contributed by atoms with Crippen molar-refractivity contribution in [2.45, 2.75) is 13.3 Å². The molecule has 1 nitrogen and oxygen atoms in total. The van der Waals surface area contributed by atoms with E-state index >= 15 is 0 Å². The van der Waals surface area contributed by atoms with Crippen LogP contribution in [-0.2, 0) is 13.5 Å². The lowest BCUT2D eigenvalue weighted by Crippen LogP contribution is -2.34. The standard InChI is InChI=1S/C30H22N/c1-18-13-14-22-21-10-4-3-7-20(21)17-26(22)28(18)27-16-15-24-23-11-5-8-19-9-6-12-25(29(19)23)30(24)31(27)2/h3-16H,17H2,1-2H3/q+1. The van der Waals surface area contributed by atoms with Gasteiger partial charge in [0.1, 0.15) is 7.05 Å². The summed E-state index contributed by atoms with van der Waals surface area (Å²) in [7, 11) is 2.24. The Labute approximate surface area is 182 Å². The minimum Gasteiger partial charge on any atom is -0.194 e. The molecule has 0 unspecified atom stereocenters. The Balaban J connectivity index is 1.52. The number of benzene rings is 4. The fraction of sp³-hybridized carbons (Fsp3) is 0.100. The van der Waals surface area contributed by atoms with Crippen LogP contribution in [0.15, 0.2) is 84.9 Å². The molecule has 31 heavy (non-hydrogen) atoms. The van der Waals surface area contributed by atoms with Gasteiger partial charge in [-0.05, 0) is 64.2 Å². The van der Waals surface area contributed by atoms with E-state index in [1.54, 1.807) is 0 Å². The lowest BCUT2D eigenvalue weighted by Gasteiger charge is -2.13. The van der Waals surface area contributed by atoms with Crippen molar-refractivity contribution in [3.8, 4) is 44.8 Å². The number of nitrogens with zero attached hydrogens (tertiary/aromatic N) is 1. The Kier molecular flexibility index (Phi) is 3.25. The molecule has 0 spiro atoms. The van der Waals surface area contributed by atoms with Gasteiger partial charge >= 0.3 is 0 Å². The van der Waals surface area contributed by atoms with Crippen LogP contribution in [0.2, 0.25) is 0 Å². The second kappa shape index (κ2) is 5.92. The van der Waals surface area contributed by atoms with E-state index in [1.165, 1.54) is 72.2 Å². The number of pyridine rings is 1. The van der Waals surface area contributed by atoms with Crippen LogP contribution < -0.4 is 4.57 Å². The summed E-state index contributed by atoms with van der Waals surface area (Å²) in [6.45, 7) is 2.25. The summed E-state index contributed by atoms with van der Waals surface area (Å²) in [6.07, 6.45) is 1.01. The van der Waals surface area contributed by atoms with Crippen molar-refractivity contribution in [1.29, 1.82) is 0 Å². The van der Waals surface area contributed by atoms with Crippen molar-refractivity contribution in [2.24, 2.45) is 7.05 Å². The van der Waals surface area contributed by atoms with Gasteiger partial charge in [0.2, 0.25) is 11.4 Å². The Morgan fingerprint density at radius 3 is 2.26 bits per heavy atom. The van der Waals surface area contributed by atoms with Gasteiger partial charge in [0, 0.05) is 11.5 Å². The van der Waals surface area contributed by atoms with Crippen LogP contribution >= 0.6 is 0 Å². The average molecular weight is 397 g/mol. The van der Waals surface area contributed by atoms with E-state index < -0.39 is 0 Å². The van der Waals surface area contributed by atoms with Crippen LogP contribution in [0.5, 0.6) is 0 Å². The third-order valence-corrected chi connectivity index (χ3v) is 7.26. The van der Waals surface area contributed by atoms with E-state index in [1.807, 2.05) is 0 Å². The van der Waals surface area contributed by atoms with Gasteiger partial charge in [-0.25, -0.2) is 0 Å². The SMILES string of the molecule is Cc1ccc2c(c1-c1ccc3c([n+]1C)-c1cccc4cccc-3c14)Cc1ccccc1-2. The highest BCUT2D eigenvalue weighted by Gasteiger charge is 2.32. The average Bonchev–Trinajstić information content (AvgIpc) is 3.33. The van der Waals surface area contributed by atoms with Crippen molar-refractivity contribution in [3.63, 3.8) is 0 Å². The molecule has 0 bridgehead atoms. The first kappa shape index (κ1) is 17.0. The number of aryl methyl sites for hydroxylation is 1. The topological polar surface area (TPSA) is 3.88 Å². The predicted molar refractivity (Wildman–Crippen MR) is 128 cm³/mol. The molecule has 146 valence electrons. The van der Waals surface area contributed by atoms with Crippen molar-refractivity contribution in [3.05, 3.63) is 102 Å². The number of aromatic nitrogens is 1. The zero-order valence-electron chi connectivity index (χ0n) is 17.7. The highest BCUT2D eigenvalue weighted by Crippen LogP contribution is 2.47. The number of hydrogen-bond donors (Lipinski definition) is 0. The van der Waals surface area contributed by atoms with Crippen molar-refractivity contribution in [1.82, 2.24) is 0 Å². The van der Waals surface area contributed by atoms with Gasteiger partial charge in [-0.1, -0.05) is 66.7 Å². The Hall–Kier alpha value is -3.71. The largest absolute Gasteiger partial charge is 0.221 e. The van der Waals surface area contributed by atoms with Crippen molar-refractivity contribution in [2.75, 3.05) is 0 Å².